The van der Waals surface area contributed by atoms with Crippen LogP contribution in [0.3, 0.4) is 0 Å². The summed E-state index contributed by atoms with van der Waals surface area (Å²) in [7, 11) is 0. The maximum Gasteiger partial charge on any atom is 3.00 e. The van der Waals surface area contributed by atoms with Gasteiger partial charge in [0, 0.05) is 0 Å². The molecule has 6 nitrogen and oxygen atoms in total. The molecule has 0 aliphatic rings. The molecule has 0 N–H and O–H groups in total. The molecule has 10 heavy (non-hydrogen) atoms. The minimum absolute atomic E-state index is 0. The number of hydrogen-bond donors (Lipinski definition) is 0. The largest absolute Gasteiger partial charge is 3.00 e. The van der Waals surface area contributed by atoms with Crippen molar-refractivity contribution in [2.24, 2.45) is 0 Å². The fourth-order valence-electron chi connectivity index (χ4n) is 0. The second kappa shape index (κ2) is 17.6. The monoisotopic (exact) mass is 396 g/mol. The van der Waals surface area contributed by atoms with Gasteiger partial charge >= 0.3 is 73.8 Å². The third-order valence-electron chi connectivity index (χ3n) is 0. The molecule has 0 atom stereocenters. The van der Waals surface area contributed by atoms with E-state index in [0.717, 1.165) is 0 Å². The summed E-state index contributed by atoms with van der Waals surface area (Å²) in [6, 6.07) is 0. The van der Waals surface area contributed by atoms with Gasteiger partial charge in [0.15, 0.2) is 0 Å². The summed E-state index contributed by atoms with van der Waals surface area (Å²) in [5.41, 5.74) is 0. The van der Waals surface area contributed by atoms with Gasteiger partial charge in [0.05, 0.1) is 0 Å². The van der Waals surface area contributed by atoms with Gasteiger partial charge in [0.2, 0.25) is 0 Å². The van der Waals surface area contributed by atoms with Gasteiger partial charge in [-0.2, -0.15) is 0 Å². The molecule has 0 amide bonds. The van der Waals surface area contributed by atoms with Gasteiger partial charge < -0.3 is 18.2 Å². The Kier molecular flexibility index (Phi) is 40.2. The standard InChI is InChI=1S/Au.K.2H2O3S/c;;2*1-4(2)3/h;;2*(H2,1,2,3)/q+3;+1;;/p-4. The van der Waals surface area contributed by atoms with Crippen molar-refractivity contribution < 1.29 is 100 Å². The molecule has 0 aliphatic carbocycles. The van der Waals surface area contributed by atoms with Crippen LogP contribution in [0, 0.1) is 0 Å². The van der Waals surface area contributed by atoms with Crippen molar-refractivity contribution in [2.45, 2.75) is 0 Å². The average Bonchev–Trinajstić information content (AvgIpc) is 1.25. The van der Waals surface area contributed by atoms with Crippen molar-refractivity contribution in [1.82, 2.24) is 0 Å². The zero-order valence-corrected chi connectivity index (χ0v) is 11.5. The normalized spacial score (nSPS) is 7.00. The van der Waals surface area contributed by atoms with E-state index in [0.29, 0.717) is 0 Å². The number of hydrogen-bond acceptors (Lipinski definition) is 6. The van der Waals surface area contributed by atoms with Gasteiger partial charge in [-0.25, -0.2) is 0 Å². The van der Waals surface area contributed by atoms with Crippen molar-refractivity contribution in [3.05, 3.63) is 0 Å². The smallest absolute Gasteiger partial charge is 0.784 e. The van der Waals surface area contributed by atoms with E-state index in [9.17, 15) is 0 Å². The second-order valence-corrected chi connectivity index (χ2v) is 1.22. The SMILES string of the molecule is O=S([O-])[O-].O=S([O-])[O-].[Au+3].[K+]. The molecule has 0 saturated heterocycles. The summed E-state index contributed by atoms with van der Waals surface area (Å²) in [6.07, 6.45) is 0. The third-order valence-corrected chi connectivity index (χ3v) is 0. The van der Waals surface area contributed by atoms with Crippen LogP contribution in [-0.4, -0.2) is 26.6 Å². The van der Waals surface area contributed by atoms with E-state index in [1.807, 2.05) is 0 Å². The van der Waals surface area contributed by atoms with Gasteiger partial charge in [-0.1, -0.05) is 0 Å². The Labute approximate surface area is 121 Å². The van der Waals surface area contributed by atoms with Crippen LogP contribution in [0.25, 0.3) is 0 Å². The zero-order chi connectivity index (χ0) is 7.15. The summed E-state index contributed by atoms with van der Waals surface area (Å²) >= 11 is -6.22. The fourth-order valence-corrected chi connectivity index (χ4v) is 0. The molecule has 0 radical (unpaired) electrons. The molecular weight excluding hydrogens is 396 g/mol. The molecule has 0 fully saturated rings. The topological polar surface area (TPSA) is 126 Å². The van der Waals surface area contributed by atoms with E-state index in [1.54, 1.807) is 0 Å². The van der Waals surface area contributed by atoms with Crippen LogP contribution < -0.4 is 51.4 Å². The van der Waals surface area contributed by atoms with Crippen LogP contribution in [0.5, 0.6) is 0 Å². The van der Waals surface area contributed by atoms with Crippen molar-refractivity contribution in [3.8, 4) is 0 Å². The Balaban J connectivity index is -0.0000000300. The molecular formula is AuKO6S2. The number of rotatable bonds is 0. The Hall–Kier alpha value is 2.52. The summed E-state index contributed by atoms with van der Waals surface area (Å²) in [5.74, 6) is 0. The van der Waals surface area contributed by atoms with Gasteiger partial charge in [0.25, 0.3) is 0 Å². The molecule has 0 aliphatic heterocycles. The van der Waals surface area contributed by atoms with Crippen LogP contribution in [-0.2, 0) is 45.1 Å². The van der Waals surface area contributed by atoms with Crippen LogP contribution in [0.1, 0.15) is 0 Å². The molecule has 0 heterocycles. The van der Waals surface area contributed by atoms with Crippen molar-refractivity contribution in [2.75, 3.05) is 0 Å². The van der Waals surface area contributed by atoms with E-state index in [2.05, 4.69) is 0 Å². The zero-order valence-electron chi connectivity index (χ0n) is 4.57. The van der Waals surface area contributed by atoms with E-state index < -0.39 is 22.7 Å². The maximum absolute atomic E-state index is 8.44. The predicted molar refractivity (Wildman–Crippen MR) is 19.4 cm³/mol. The predicted octanol–water partition coefficient (Wildman–Crippen LogP) is -5.01. The van der Waals surface area contributed by atoms with Gasteiger partial charge in [0.1, 0.15) is 0 Å². The summed E-state index contributed by atoms with van der Waals surface area (Å²) in [5, 5.41) is 0. The van der Waals surface area contributed by atoms with Crippen molar-refractivity contribution >= 4 is 22.7 Å². The van der Waals surface area contributed by atoms with Crippen LogP contribution >= 0.6 is 0 Å². The third kappa shape index (κ3) is 150. The molecule has 0 aromatic rings. The van der Waals surface area contributed by atoms with Crippen molar-refractivity contribution in [1.29, 1.82) is 0 Å². The molecule has 0 aromatic carbocycles. The minimum Gasteiger partial charge on any atom is -0.784 e. The molecule has 60 valence electrons. The molecule has 0 bridgehead atoms. The molecule has 10 heteroatoms. The molecule has 0 aromatic heterocycles. The van der Waals surface area contributed by atoms with Crippen molar-refractivity contribution in [3.63, 3.8) is 0 Å². The summed E-state index contributed by atoms with van der Waals surface area (Å²) in [6.45, 7) is 0. The first-order chi connectivity index (χ1) is 3.46. The Bertz CT molecular complexity index is 73.7. The summed E-state index contributed by atoms with van der Waals surface area (Å²) < 4.78 is 50.7. The molecule has 0 rings (SSSR count). The van der Waals surface area contributed by atoms with Gasteiger partial charge in [-0.15, -0.1) is 22.7 Å². The molecule has 0 saturated carbocycles. The quantitative estimate of drug-likeness (QED) is 0.298. The Morgan fingerprint density at radius 2 is 0.800 bits per heavy atom. The maximum atomic E-state index is 8.44. The van der Waals surface area contributed by atoms with E-state index >= 15 is 0 Å². The van der Waals surface area contributed by atoms with E-state index in [1.165, 1.54) is 0 Å². The first-order valence-corrected chi connectivity index (χ1v) is 3.00. The average molecular weight is 396 g/mol. The first kappa shape index (κ1) is 22.9. The van der Waals surface area contributed by atoms with Gasteiger partial charge in [-0.05, 0) is 0 Å². The molecule has 0 unspecified atom stereocenters. The van der Waals surface area contributed by atoms with Crippen LogP contribution in [0.15, 0.2) is 0 Å². The fraction of sp³-hybridized carbons (Fsp3) is 0. The Morgan fingerprint density at radius 3 is 0.800 bits per heavy atom. The summed E-state index contributed by atoms with van der Waals surface area (Å²) in [4.78, 5) is 0. The Morgan fingerprint density at radius 1 is 0.800 bits per heavy atom. The van der Waals surface area contributed by atoms with E-state index in [4.69, 9.17) is 26.6 Å². The second-order valence-electron chi connectivity index (χ2n) is 0.408. The molecule has 0 spiro atoms. The first-order valence-electron chi connectivity index (χ1n) is 1.00. The van der Waals surface area contributed by atoms with Gasteiger partial charge in [-0.3, -0.25) is 8.42 Å². The van der Waals surface area contributed by atoms with E-state index in [-0.39, 0.29) is 73.8 Å². The van der Waals surface area contributed by atoms with Crippen LogP contribution in [0.4, 0.5) is 0 Å². The van der Waals surface area contributed by atoms with Crippen LogP contribution in [0.2, 0.25) is 0 Å². The minimum atomic E-state index is -3.11.